The van der Waals surface area contributed by atoms with Gasteiger partial charge in [-0.2, -0.15) is 0 Å². The molecule has 0 aliphatic rings. The molecule has 3 rings (SSSR count). The van der Waals surface area contributed by atoms with Crippen molar-refractivity contribution in [3.63, 3.8) is 0 Å². The van der Waals surface area contributed by atoms with E-state index in [4.69, 9.17) is 5.73 Å². The molecule has 0 aliphatic carbocycles. The lowest BCUT2D eigenvalue weighted by Crippen LogP contribution is -2.11. The Kier molecular flexibility index (Phi) is 2.38. The highest BCUT2D eigenvalue weighted by Crippen LogP contribution is 2.26. The molecule has 3 heteroatoms. The summed E-state index contributed by atoms with van der Waals surface area (Å²) in [6.45, 7) is 0. The van der Waals surface area contributed by atoms with Gasteiger partial charge in [0.25, 0.3) is 0 Å². The summed E-state index contributed by atoms with van der Waals surface area (Å²) in [4.78, 5) is 7.25. The summed E-state index contributed by atoms with van der Waals surface area (Å²) >= 11 is 0. The summed E-state index contributed by atoms with van der Waals surface area (Å²) in [6, 6.07) is 12.0. The number of aromatic nitrogens is 2. The van der Waals surface area contributed by atoms with Crippen LogP contribution in [0.25, 0.3) is 10.9 Å². The topological polar surface area (TPSA) is 54.7 Å². The molecule has 1 unspecified atom stereocenters. The molecule has 0 saturated carbocycles. The van der Waals surface area contributed by atoms with Crippen LogP contribution in [-0.2, 0) is 0 Å². The van der Waals surface area contributed by atoms with Gasteiger partial charge in [0.05, 0.1) is 6.04 Å². The first-order valence-electron chi connectivity index (χ1n) is 5.58. The third-order valence-electron chi connectivity index (χ3n) is 3.02. The second-order valence-corrected chi connectivity index (χ2v) is 4.05. The fourth-order valence-electron chi connectivity index (χ4n) is 2.10. The smallest absolute Gasteiger partial charge is 0.0573 e. The lowest BCUT2D eigenvalue weighted by Gasteiger charge is -2.10. The van der Waals surface area contributed by atoms with Crippen LogP contribution < -0.4 is 5.73 Å². The van der Waals surface area contributed by atoms with Gasteiger partial charge in [0.1, 0.15) is 0 Å². The molecule has 1 aromatic carbocycles. The van der Waals surface area contributed by atoms with Gasteiger partial charge in [-0.25, -0.2) is 0 Å². The molecule has 2 aromatic heterocycles. The standard InChI is InChI=1S/C14H13N3/c15-14(10-5-7-16-8-6-10)12-9-17-13-4-2-1-3-11(12)13/h1-9,14,17H,15H2. The molecule has 1 atom stereocenters. The van der Waals surface area contributed by atoms with Crippen LogP contribution in [0.4, 0.5) is 0 Å². The lowest BCUT2D eigenvalue weighted by molar-refractivity contribution is 0.876. The predicted molar refractivity (Wildman–Crippen MR) is 68.6 cm³/mol. The first kappa shape index (κ1) is 10.1. The molecular weight excluding hydrogens is 210 g/mol. The van der Waals surface area contributed by atoms with Gasteiger partial charge < -0.3 is 10.7 Å². The highest BCUT2D eigenvalue weighted by Gasteiger charge is 2.12. The minimum atomic E-state index is -0.117. The molecule has 3 nitrogen and oxygen atoms in total. The normalized spacial score (nSPS) is 12.8. The van der Waals surface area contributed by atoms with Crippen molar-refractivity contribution in [1.82, 2.24) is 9.97 Å². The Hall–Kier alpha value is -2.13. The highest BCUT2D eigenvalue weighted by atomic mass is 14.7. The minimum absolute atomic E-state index is 0.117. The molecule has 84 valence electrons. The van der Waals surface area contributed by atoms with Crippen LogP contribution in [0, 0.1) is 0 Å². The zero-order valence-electron chi connectivity index (χ0n) is 9.30. The van der Waals surface area contributed by atoms with Gasteiger partial charge >= 0.3 is 0 Å². The average Bonchev–Trinajstić information content (AvgIpc) is 2.83. The van der Waals surface area contributed by atoms with Crippen LogP contribution in [0.2, 0.25) is 0 Å². The molecule has 0 fully saturated rings. The molecule has 0 spiro atoms. The fourth-order valence-corrected chi connectivity index (χ4v) is 2.10. The monoisotopic (exact) mass is 223 g/mol. The minimum Gasteiger partial charge on any atom is -0.361 e. The largest absolute Gasteiger partial charge is 0.361 e. The average molecular weight is 223 g/mol. The molecule has 3 aromatic rings. The van der Waals surface area contributed by atoms with E-state index < -0.39 is 0 Å². The number of hydrogen-bond donors (Lipinski definition) is 2. The third-order valence-corrected chi connectivity index (χ3v) is 3.02. The molecule has 2 heterocycles. The van der Waals surface area contributed by atoms with E-state index in [1.807, 2.05) is 30.5 Å². The van der Waals surface area contributed by atoms with Gasteiger partial charge in [0.2, 0.25) is 0 Å². The van der Waals surface area contributed by atoms with E-state index in [2.05, 4.69) is 22.1 Å². The molecule has 17 heavy (non-hydrogen) atoms. The van der Waals surface area contributed by atoms with Crippen LogP contribution in [0.3, 0.4) is 0 Å². The summed E-state index contributed by atoms with van der Waals surface area (Å²) in [5, 5.41) is 1.18. The maximum Gasteiger partial charge on any atom is 0.0573 e. The van der Waals surface area contributed by atoms with Crippen molar-refractivity contribution in [2.45, 2.75) is 6.04 Å². The van der Waals surface area contributed by atoms with Crippen molar-refractivity contribution < 1.29 is 0 Å². The number of aromatic amines is 1. The van der Waals surface area contributed by atoms with E-state index in [1.165, 1.54) is 5.39 Å². The molecule has 0 bridgehead atoms. The predicted octanol–water partition coefficient (Wildman–Crippen LogP) is 2.61. The van der Waals surface area contributed by atoms with Gasteiger partial charge in [-0.05, 0) is 29.3 Å². The van der Waals surface area contributed by atoms with Crippen molar-refractivity contribution >= 4 is 10.9 Å². The number of H-pyrrole nitrogens is 1. The second-order valence-electron chi connectivity index (χ2n) is 4.05. The quantitative estimate of drug-likeness (QED) is 0.701. The summed E-state index contributed by atoms with van der Waals surface area (Å²) in [5.41, 5.74) is 9.59. The van der Waals surface area contributed by atoms with Gasteiger partial charge in [-0.15, -0.1) is 0 Å². The van der Waals surface area contributed by atoms with Gasteiger partial charge in [-0.3, -0.25) is 4.98 Å². The van der Waals surface area contributed by atoms with Crippen LogP contribution in [0.15, 0.2) is 55.0 Å². The van der Waals surface area contributed by atoms with Crippen LogP contribution in [0.1, 0.15) is 17.2 Å². The van der Waals surface area contributed by atoms with E-state index in [0.717, 1.165) is 16.6 Å². The van der Waals surface area contributed by atoms with E-state index in [0.29, 0.717) is 0 Å². The van der Waals surface area contributed by atoms with E-state index in [-0.39, 0.29) is 6.04 Å². The zero-order chi connectivity index (χ0) is 11.7. The van der Waals surface area contributed by atoms with Crippen molar-refractivity contribution in [1.29, 1.82) is 0 Å². The number of nitrogens with one attached hydrogen (secondary N) is 1. The zero-order valence-corrected chi connectivity index (χ0v) is 9.30. The summed E-state index contributed by atoms with van der Waals surface area (Å²) in [7, 11) is 0. The Morgan fingerprint density at radius 2 is 1.82 bits per heavy atom. The number of rotatable bonds is 2. The molecular formula is C14H13N3. The maximum absolute atomic E-state index is 6.28. The molecule has 0 saturated heterocycles. The van der Waals surface area contributed by atoms with Crippen LogP contribution >= 0.6 is 0 Å². The molecule has 3 N–H and O–H groups in total. The van der Waals surface area contributed by atoms with Crippen molar-refractivity contribution in [3.8, 4) is 0 Å². The maximum atomic E-state index is 6.28. The van der Waals surface area contributed by atoms with Crippen LogP contribution in [0.5, 0.6) is 0 Å². The third kappa shape index (κ3) is 1.70. The van der Waals surface area contributed by atoms with Crippen LogP contribution in [-0.4, -0.2) is 9.97 Å². The number of hydrogen-bond acceptors (Lipinski definition) is 2. The number of pyridine rings is 1. The number of nitrogens with two attached hydrogens (primary N) is 1. The van der Waals surface area contributed by atoms with E-state index in [1.54, 1.807) is 12.4 Å². The Balaban J connectivity index is 2.10. The number of para-hydroxylation sites is 1. The van der Waals surface area contributed by atoms with Crippen molar-refractivity contribution in [2.24, 2.45) is 5.73 Å². The van der Waals surface area contributed by atoms with Gasteiger partial charge in [-0.1, -0.05) is 18.2 Å². The SMILES string of the molecule is NC(c1ccncc1)c1c[nH]c2ccccc12. The molecule has 0 amide bonds. The van der Waals surface area contributed by atoms with Gasteiger partial charge in [0.15, 0.2) is 0 Å². The number of benzene rings is 1. The van der Waals surface area contributed by atoms with Gasteiger partial charge in [0, 0.05) is 29.5 Å². The highest BCUT2D eigenvalue weighted by molar-refractivity contribution is 5.84. The summed E-state index contributed by atoms with van der Waals surface area (Å²) < 4.78 is 0. The number of fused-ring (bicyclic) bond motifs is 1. The molecule has 0 aliphatic heterocycles. The number of nitrogens with zero attached hydrogens (tertiary/aromatic N) is 1. The fraction of sp³-hybridized carbons (Fsp3) is 0.0714. The van der Waals surface area contributed by atoms with E-state index >= 15 is 0 Å². The summed E-state index contributed by atoms with van der Waals surface area (Å²) in [5.74, 6) is 0. The first-order valence-corrected chi connectivity index (χ1v) is 5.58. The Morgan fingerprint density at radius 3 is 2.65 bits per heavy atom. The Labute approximate surface area is 99.3 Å². The van der Waals surface area contributed by atoms with E-state index in [9.17, 15) is 0 Å². The Bertz CT molecular complexity index is 628. The van der Waals surface area contributed by atoms with Crippen molar-refractivity contribution in [2.75, 3.05) is 0 Å². The second kappa shape index (κ2) is 4.03. The lowest BCUT2D eigenvalue weighted by atomic mass is 10.0. The summed E-state index contributed by atoms with van der Waals surface area (Å²) in [6.07, 6.45) is 5.52. The molecule has 0 radical (unpaired) electrons. The van der Waals surface area contributed by atoms with Crippen molar-refractivity contribution in [3.05, 3.63) is 66.1 Å². The Morgan fingerprint density at radius 1 is 1.06 bits per heavy atom. The first-order chi connectivity index (χ1) is 8.36.